The molecule has 18 heavy (non-hydrogen) atoms. The molecule has 1 saturated carbocycles. The van der Waals surface area contributed by atoms with E-state index in [0.29, 0.717) is 24.8 Å². The lowest BCUT2D eigenvalue weighted by molar-refractivity contribution is -0.121. The van der Waals surface area contributed by atoms with Crippen molar-refractivity contribution >= 4 is 5.91 Å². The van der Waals surface area contributed by atoms with Gasteiger partial charge in [0, 0.05) is 31.7 Å². The average molecular weight is 256 g/mol. The number of hydrogen-bond donors (Lipinski definition) is 3. The lowest BCUT2D eigenvalue weighted by Gasteiger charge is -2.21. The summed E-state index contributed by atoms with van der Waals surface area (Å²) in [4.78, 5) is 11.7. The summed E-state index contributed by atoms with van der Waals surface area (Å²) in [5.74, 6) is 0.961. The monoisotopic (exact) mass is 256 g/mol. The molecule has 2 unspecified atom stereocenters. The highest BCUT2D eigenvalue weighted by Gasteiger charge is 2.26. The number of aliphatic hydroxyl groups excluding tert-OH is 1. The van der Waals surface area contributed by atoms with Gasteiger partial charge in [-0.1, -0.05) is 6.42 Å². The van der Waals surface area contributed by atoms with Crippen LogP contribution < -0.4 is 10.6 Å². The minimum atomic E-state index is 0.0632. The first kappa shape index (κ1) is 15.4. The lowest BCUT2D eigenvalue weighted by Crippen LogP contribution is -2.39. The predicted octanol–water partition coefficient (Wildman–Crippen LogP) is 1.29. The Morgan fingerprint density at radius 2 is 1.94 bits per heavy atom. The SMILES string of the molecule is CC(C)(C)NCCC(=O)NCC1CCCC1CO. The molecule has 3 N–H and O–H groups in total. The molecule has 1 amide bonds. The second-order valence-corrected chi connectivity index (χ2v) is 6.36. The normalized spacial score (nSPS) is 24.2. The van der Waals surface area contributed by atoms with Gasteiger partial charge in [-0.2, -0.15) is 0 Å². The zero-order valence-corrected chi connectivity index (χ0v) is 12.0. The van der Waals surface area contributed by atoms with Gasteiger partial charge in [-0.15, -0.1) is 0 Å². The van der Waals surface area contributed by atoms with Crippen molar-refractivity contribution in [3.8, 4) is 0 Å². The standard InChI is InChI=1S/C14H28N2O2/c1-14(2,3)16-8-7-13(18)15-9-11-5-4-6-12(11)10-17/h11-12,16-17H,4-10H2,1-3H3,(H,15,18). The lowest BCUT2D eigenvalue weighted by atomic mass is 9.97. The van der Waals surface area contributed by atoms with Gasteiger partial charge in [0.1, 0.15) is 0 Å². The van der Waals surface area contributed by atoms with Crippen LogP contribution >= 0.6 is 0 Å². The van der Waals surface area contributed by atoms with Gasteiger partial charge in [0.2, 0.25) is 5.91 Å². The number of nitrogens with one attached hydrogen (secondary N) is 2. The van der Waals surface area contributed by atoms with Crippen LogP contribution in [0.15, 0.2) is 0 Å². The van der Waals surface area contributed by atoms with Crippen LogP contribution in [-0.2, 0) is 4.79 Å². The summed E-state index contributed by atoms with van der Waals surface area (Å²) in [5.41, 5.74) is 0.0632. The number of aliphatic hydroxyl groups is 1. The van der Waals surface area contributed by atoms with E-state index < -0.39 is 0 Å². The van der Waals surface area contributed by atoms with E-state index in [1.165, 1.54) is 6.42 Å². The predicted molar refractivity (Wildman–Crippen MR) is 73.3 cm³/mol. The second-order valence-electron chi connectivity index (χ2n) is 6.36. The van der Waals surface area contributed by atoms with Gasteiger partial charge < -0.3 is 15.7 Å². The van der Waals surface area contributed by atoms with Crippen LogP contribution in [0.25, 0.3) is 0 Å². The fourth-order valence-corrected chi connectivity index (χ4v) is 2.51. The summed E-state index contributed by atoms with van der Waals surface area (Å²) in [5, 5.41) is 15.5. The summed E-state index contributed by atoms with van der Waals surface area (Å²) < 4.78 is 0. The van der Waals surface area contributed by atoms with Crippen molar-refractivity contribution in [2.45, 2.75) is 52.0 Å². The van der Waals surface area contributed by atoms with E-state index in [2.05, 4.69) is 31.4 Å². The smallest absolute Gasteiger partial charge is 0.221 e. The molecule has 0 bridgehead atoms. The highest BCUT2D eigenvalue weighted by Crippen LogP contribution is 2.30. The molecule has 1 rings (SSSR count). The Balaban J connectivity index is 2.13. The number of carbonyl (C=O) groups is 1. The van der Waals surface area contributed by atoms with Crippen LogP contribution in [-0.4, -0.2) is 36.2 Å². The van der Waals surface area contributed by atoms with Gasteiger partial charge >= 0.3 is 0 Å². The Hall–Kier alpha value is -0.610. The minimum absolute atomic E-state index is 0.0632. The molecule has 4 nitrogen and oxygen atoms in total. The molecule has 0 aromatic heterocycles. The molecule has 0 spiro atoms. The second kappa shape index (κ2) is 7.10. The largest absolute Gasteiger partial charge is 0.396 e. The molecule has 1 aliphatic carbocycles. The maximum absolute atomic E-state index is 11.7. The minimum Gasteiger partial charge on any atom is -0.396 e. The van der Waals surface area contributed by atoms with Gasteiger partial charge in [-0.3, -0.25) is 4.79 Å². The first-order valence-electron chi connectivity index (χ1n) is 7.05. The molecule has 0 aliphatic heterocycles. The molecule has 0 heterocycles. The van der Waals surface area contributed by atoms with E-state index in [0.717, 1.165) is 19.4 Å². The van der Waals surface area contributed by atoms with Crippen molar-refractivity contribution in [3.63, 3.8) is 0 Å². The number of amides is 1. The number of rotatable bonds is 6. The first-order valence-corrected chi connectivity index (χ1v) is 7.05. The molecule has 0 radical (unpaired) electrons. The van der Waals surface area contributed by atoms with Crippen LogP contribution in [0.5, 0.6) is 0 Å². The third kappa shape index (κ3) is 5.83. The molecule has 0 aromatic rings. The van der Waals surface area contributed by atoms with Crippen molar-refractivity contribution in [2.24, 2.45) is 11.8 Å². The Morgan fingerprint density at radius 3 is 2.56 bits per heavy atom. The Kier molecular flexibility index (Phi) is 6.09. The van der Waals surface area contributed by atoms with Crippen LogP contribution in [0.2, 0.25) is 0 Å². The summed E-state index contributed by atoms with van der Waals surface area (Å²) >= 11 is 0. The average Bonchev–Trinajstić information content (AvgIpc) is 2.71. The zero-order valence-electron chi connectivity index (χ0n) is 12.0. The van der Waals surface area contributed by atoms with Crippen molar-refractivity contribution in [3.05, 3.63) is 0 Å². The van der Waals surface area contributed by atoms with Crippen LogP contribution in [0.4, 0.5) is 0 Å². The Morgan fingerprint density at radius 1 is 1.28 bits per heavy atom. The van der Waals surface area contributed by atoms with Gasteiger partial charge in [-0.25, -0.2) is 0 Å². The molecule has 2 atom stereocenters. The molecule has 4 heteroatoms. The molecular weight excluding hydrogens is 228 g/mol. The van der Waals surface area contributed by atoms with Gasteiger partial charge in [0.05, 0.1) is 0 Å². The van der Waals surface area contributed by atoms with Crippen molar-refractivity contribution in [2.75, 3.05) is 19.7 Å². The fraction of sp³-hybridized carbons (Fsp3) is 0.929. The van der Waals surface area contributed by atoms with E-state index in [1.54, 1.807) is 0 Å². The first-order chi connectivity index (χ1) is 8.42. The molecule has 1 aliphatic rings. The highest BCUT2D eigenvalue weighted by molar-refractivity contribution is 5.76. The van der Waals surface area contributed by atoms with Crippen molar-refractivity contribution in [1.82, 2.24) is 10.6 Å². The van der Waals surface area contributed by atoms with Gasteiger partial charge in [-0.05, 0) is 45.4 Å². The number of hydrogen-bond acceptors (Lipinski definition) is 3. The van der Waals surface area contributed by atoms with Crippen LogP contribution in [0.3, 0.4) is 0 Å². The summed E-state index contributed by atoms with van der Waals surface area (Å²) in [6, 6.07) is 0. The molecule has 106 valence electrons. The van der Waals surface area contributed by atoms with E-state index in [1.807, 2.05) is 0 Å². The van der Waals surface area contributed by atoms with Crippen LogP contribution in [0, 0.1) is 11.8 Å². The third-order valence-corrected chi connectivity index (χ3v) is 3.62. The maximum atomic E-state index is 11.7. The van der Waals surface area contributed by atoms with E-state index in [4.69, 9.17) is 0 Å². The molecule has 0 aromatic carbocycles. The van der Waals surface area contributed by atoms with Crippen LogP contribution in [0.1, 0.15) is 46.5 Å². The summed E-state index contributed by atoms with van der Waals surface area (Å²) in [6.45, 7) is 7.97. The van der Waals surface area contributed by atoms with E-state index in [9.17, 15) is 9.90 Å². The van der Waals surface area contributed by atoms with Crippen molar-refractivity contribution < 1.29 is 9.90 Å². The van der Waals surface area contributed by atoms with Gasteiger partial charge in [0.25, 0.3) is 0 Å². The molecule has 1 fully saturated rings. The highest BCUT2D eigenvalue weighted by atomic mass is 16.3. The Bertz CT molecular complexity index is 261. The molecular formula is C14H28N2O2. The van der Waals surface area contributed by atoms with E-state index >= 15 is 0 Å². The summed E-state index contributed by atoms with van der Waals surface area (Å²) in [7, 11) is 0. The Labute approximate surface area is 111 Å². The topological polar surface area (TPSA) is 61.4 Å². The van der Waals surface area contributed by atoms with Gasteiger partial charge in [0.15, 0.2) is 0 Å². The fourth-order valence-electron chi connectivity index (χ4n) is 2.51. The summed E-state index contributed by atoms with van der Waals surface area (Å²) in [6.07, 6.45) is 3.93. The third-order valence-electron chi connectivity index (χ3n) is 3.62. The van der Waals surface area contributed by atoms with E-state index in [-0.39, 0.29) is 18.1 Å². The zero-order chi connectivity index (χ0) is 13.6. The van der Waals surface area contributed by atoms with Crippen molar-refractivity contribution in [1.29, 1.82) is 0 Å². The molecule has 0 saturated heterocycles. The number of carbonyl (C=O) groups excluding carboxylic acids is 1. The maximum Gasteiger partial charge on any atom is 0.221 e. The quantitative estimate of drug-likeness (QED) is 0.671.